The highest BCUT2D eigenvalue weighted by Gasteiger charge is 1.98. The summed E-state index contributed by atoms with van der Waals surface area (Å²) in [5.74, 6) is 0.379. The summed E-state index contributed by atoms with van der Waals surface area (Å²) in [7, 11) is 0. The van der Waals surface area contributed by atoms with Crippen molar-refractivity contribution in [3.63, 3.8) is 0 Å². The van der Waals surface area contributed by atoms with Crippen LogP contribution in [0.2, 0.25) is 0 Å². The van der Waals surface area contributed by atoms with Crippen molar-refractivity contribution in [3.8, 4) is 5.75 Å². The lowest BCUT2D eigenvalue weighted by atomic mass is 10.0. The Morgan fingerprint density at radius 2 is 1.07 bits per heavy atom. The lowest BCUT2D eigenvalue weighted by Crippen LogP contribution is -1.97. The number of hydrogen-bond donors (Lipinski definition) is 0. The molecule has 0 aliphatic carbocycles. The minimum absolute atomic E-state index is 0.379. The number of unbranched alkanes of at least 4 members (excludes halogenated alkanes) is 15. The van der Waals surface area contributed by atoms with Crippen LogP contribution >= 0.6 is 0 Å². The van der Waals surface area contributed by atoms with Gasteiger partial charge in [0, 0.05) is 0 Å². The molecule has 0 heterocycles. The molecule has 28 heavy (non-hydrogen) atoms. The second-order valence-electron chi connectivity index (χ2n) is 7.98. The predicted molar refractivity (Wildman–Crippen MR) is 119 cm³/mol. The van der Waals surface area contributed by atoms with E-state index in [1.807, 2.05) is 12.1 Å². The molecule has 0 aliphatic heterocycles. The summed E-state index contributed by atoms with van der Waals surface area (Å²) in [4.78, 5) is 0. The Labute approximate surface area is 176 Å². The van der Waals surface area contributed by atoms with Crippen LogP contribution in [0.4, 0.5) is 0 Å². The van der Waals surface area contributed by atoms with Gasteiger partial charge in [-0.15, -0.1) is 0 Å². The zero-order valence-corrected chi connectivity index (χ0v) is 18.8. The second-order valence-corrected chi connectivity index (χ2v) is 8.56. The van der Waals surface area contributed by atoms with Gasteiger partial charge in [-0.25, -0.2) is 4.21 Å². The SMILES string of the molecule is CCCCCCCCCCCCCCCCCCc1ccc(OS(=O)[O-])cc1. The molecule has 0 aromatic heterocycles. The van der Waals surface area contributed by atoms with E-state index < -0.39 is 11.4 Å². The van der Waals surface area contributed by atoms with Crippen LogP contribution in [-0.2, 0) is 17.8 Å². The molecule has 0 saturated carbocycles. The summed E-state index contributed by atoms with van der Waals surface area (Å²) in [6, 6.07) is 7.34. The zero-order chi connectivity index (χ0) is 20.3. The van der Waals surface area contributed by atoms with Crippen molar-refractivity contribution in [1.82, 2.24) is 0 Å². The molecule has 4 heteroatoms. The molecule has 1 aromatic carbocycles. The number of hydrogen-bond acceptors (Lipinski definition) is 3. The Kier molecular flexibility index (Phi) is 16.3. The quantitative estimate of drug-likeness (QED) is 0.174. The van der Waals surface area contributed by atoms with Crippen LogP contribution in [0.25, 0.3) is 0 Å². The second kappa shape index (κ2) is 18.2. The van der Waals surface area contributed by atoms with Crippen molar-refractivity contribution in [1.29, 1.82) is 0 Å². The van der Waals surface area contributed by atoms with Crippen molar-refractivity contribution in [2.75, 3.05) is 0 Å². The lowest BCUT2D eigenvalue weighted by molar-refractivity contribution is 0.440. The molecule has 1 unspecified atom stereocenters. The first-order valence-electron chi connectivity index (χ1n) is 11.6. The molecule has 1 rings (SSSR count). The fourth-order valence-corrected chi connectivity index (χ4v) is 3.94. The van der Waals surface area contributed by atoms with Gasteiger partial charge >= 0.3 is 0 Å². The molecule has 0 N–H and O–H groups in total. The Morgan fingerprint density at radius 1 is 0.679 bits per heavy atom. The third kappa shape index (κ3) is 15.1. The standard InChI is InChI=1S/C24H42O3S/c1-2-3-4-5-6-7-8-9-10-11-12-13-14-15-16-17-18-23-19-21-24(22-20-23)27-28(25)26/h19-22H,2-18H2,1H3,(H,25,26)/p-1. The fraction of sp³-hybridized carbons (Fsp3) is 0.750. The van der Waals surface area contributed by atoms with Crippen LogP contribution in [0.15, 0.2) is 24.3 Å². The molecule has 0 aliphatic rings. The summed E-state index contributed by atoms with van der Waals surface area (Å²) < 4.78 is 25.6. The first-order valence-corrected chi connectivity index (χ1v) is 12.6. The van der Waals surface area contributed by atoms with E-state index in [0.29, 0.717) is 5.75 Å². The highest BCUT2D eigenvalue weighted by molar-refractivity contribution is 7.74. The molecule has 0 fully saturated rings. The van der Waals surface area contributed by atoms with Gasteiger partial charge in [-0.1, -0.05) is 115 Å². The van der Waals surface area contributed by atoms with E-state index in [4.69, 9.17) is 0 Å². The average molecular weight is 410 g/mol. The summed E-state index contributed by atoms with van der Waals surface area (Å²) in [5, 5.41) is 0. The zero-order valence-electron chi connectivity index (χ0n) is 18.0. The van der Waals surface area contributed by atoms with Crippen LogP contribution in [0.5, 0.6) is 5.75 Å². The van der Waals surface area contributed by atoms with E-state index in [9.17, 15) is 8.76 Å². The molecule has 0 amide bonds. The minimum Gasteiger partial charge on any atom is -0.740 e. The molecule has 0 radical (unpaired) electrons. The monoisotopic (exact) mass is 409 g/mol. The van der Waals surface area contributed by atoms with E-state index in [2.05, 4.69) is 11.1 Å². The van der Waals surface area contributed by atoms with E-state index in [-0.39, 0.29) is 0 Å². The predicted octanol–water partition coefficient (Wildman–Crippen LogP) is 7.66. The summed E-state index contributed by atoms with van der Waals surface area (Å²) in [6.07, 6.45) is 23.2. The molecule has 162 valence electrons. The third-order valence-corrected chi connectivity index (χ3v) is 5.74. The van der Waals surface area contributed by atoms with Crippen molar-refractivity contribution in [2.24, 2.45) is 0 Å². The van der Waals surface area contributed by atoms with Gasteiger partial charge in [-0.05, 0) is 30.5 Å². The first kappa shape index (κ1) is 25.2. The maximum absolute atomic E-state index is 10.5. The van der Waals surface area contributed by atoms with Crippen molar-refractivity contribution < 1.29 is 12.9 Å². The van der Waals surface area contributed by atoms with Crippen molar-refractivity contribution in [3.05, 3.63) is 29.8 Å². The molecular weight excluding hydrogens is 368 g/mol. The van der Waals surface area contributed by atoms with Crippen molar-refractivity contribution in [2.45, 2.75) is 116 Å². The van der Waals surface area contributed by atoms with Gasteiger partial charge in [-0.2, -0.15) is 0 Å². The largest absolute Gasteiger partial charge is 0.740 e. The summed E-state index contributed by atoms with van der Waals surface area (Å²) in [6.45, 7) is 2.28. The number of rotatable bonds is 19. The minimum atomic E-state index is -2.49. The van der Waals surface area contributed by atoms with E-state index in [0.717, 1.165) is 6.42 Å². The molecule has 0 bridgehead atoms. The van der Waals surface area contributed by atoms with Gasteiger partial charge in [0.1, 0.15) is 17.1 Å². The normalized spacial score (nSPS) is 12.2. The fourth-order valence-electron chi connectivity index (χ4n) is 3.67. The Hall–Kier alpha value is -0.870. The van der Waals surface area contributed by atoms with Gasteiger partial charge in [0.2, 0.25) is 0 Å². The smallest absolute Gasteiger partial charge is 0.139 e. The van der Waals surface area contributed by atoms with Gasteiger partial charge in [0.25, 0.3) is 0 Å². The molecule has 3 nitrogen and oxygen atoms in total. The molecule has 0 spiro atoms. The maximum Gasteiger partial charge on any atom is 0.139 e. The summed E-state index contributed by atoms with van der Waals surface area (Å²) >= 11 is -2.49. The van der Waals surface area contributed by atoms with Crippen molar-refractivity contribution >= 4 is 11.4 Å². The molecule has 1 atom stereocenters. The van der Waals surface area contributed by atoms with Gasteiger partial charge in [-0.3, -0.25) is 0 Å². The van der Waals surface area contributed by atoms with Crippen LogP contribution < -0.4 is 4.18 Å². The van der Waals surface area contributed by atoms with E-state index in [1.165, 1.54) is 108 Å². The number of benzene rings is 1. The van der Waals surface area contributed by atoms with E-state index in [1.54, 1.807) is 12.1 Å². The lowest BCUT2D eigenvalue weighted by Gasteiger charge is -2.08. The summed E-state index contributed by atoms with van der Waals surface area (Å²) in [5.41, 5.74) is 1.24. The van der Waals surface area contributed by atoms with Gasteiger partial charge < -0.3 is 8.74 Å². The Morgan fingerprint density at radius 3 is 1.46 bits per heavy atom. The highest BCUT2D eigenvalue weighted by atomic mass is 32.2. The molecular formula is C24H41O3S-. The van der Waals surface area contributed by atoms with Gasteiger partial charge in [0.05, 0.1) is 0 Å². The van der Waals surface area contributed by atoms with Crippen LogP contribution in [-0.4, -0.2) is 8.76 Å². The van der Waals surface area contributed by atoms with Crippen LogP contribution in [0.1, 0.15) is 115 Å². The first-order chi connectivity index (χ1) is 13.7. The molecule has 0 saturated heterocycles. The topological polar surface area (TPSA) is 49.4 Å². The maximum atomic E-state index is 10.5. The van der Waals surface area contributed by atoms with Crippen LogP contribution in [0.3, 0.4) is 0 Å². The number of aryl methyl sites for hydroxylation is 1. The Bertz CT molecular complexity index is 487. The van der Waals surface area contributed by atoms with E-state index >= 15 is 0 Å². The third-order valence-electron chi connectivity index (χ3n) is 5.41. The van der Waals surface area contributed by atoms with Gasteiger partial charge in [0.15, 0.2) is 0 Å². The molecule has 1 aromatic rings. The average Bonchev–Trinajstić information content (AvgIpc) is 2.68. The van der Waals surface area contributed by atoms with Crippen LogP contribution in [0, 0.1) is 0 Å². The highest BCUT2D eigenvalue weighted by Crippen LogP contribution is 2.16. The Balaban J connectivity index is 1.82.